The highest BCUT2D eigenvalue weighted by Crippen LogP contribution is 2.37. The van der Waals surface area contributed by atoms with Crippen LogP contribution in [0.4, 0.5) is 0 Å². The second kappa shape index (κ2) is 8.10. The molecule has 2 aromatic carbocycles. The van der Waals surface area contributed by atoms with Gasteiger partial charge in [-0.05, 0) is 44.2 Å². The van der Waals surface area contributed by atoms with E-state index in [4.69, 9.17) is 14.2 Å². The highest BCUT2D eigenvalue weighted by Gasteiger charge is 2.41. The summed E-state index contributed by atoms with van der Waals surface area (Å²) in [6.07, 6.45) is -0.186. The van der Waals surface area contributed by atoms with Gasteiger partial charge in [0.15, 0.2) is 5.79 Å². The Bertz CT molecular complexity index is 783. The molecule has 3 atom stereocenters. The first-order valence-electron chi connectivity index (χ1n) is 9.07. The summed E-state index contributed by atoms with van der Waals surface area (Å²) < 4.78 is 17.4. The molecule has 5 nitrogen and oxygen atoms in total. The molecule has 1 aliphatic rings. The summed E-state index contributed by atoms with van der Waals surface area (Å²) in [6.45, 7) is 4.33. The predicted octanol–water partition coefficient (Wildman–Crippen LogP) is 4.08. The normalized spacial score (nSPS) is 22.8. The van der Waals surface area contributed by atoms with E-state index in [1.165, 1.54) is 0 Å². The maximum absolute atomic E-state index is 9.86. The fraction of sp³-hybridized carbons (Fsp3) is 0.409. The van der Waals surface area contributed by atoms with Gasteiger partial charge in [0.05, 0.1) is 25.8 Å². The highest BCUT2D eigenvalue weighted by atomic mass is 16.7. The number of ether oxygens (including phenoxy) is 3. The number of nitrogens with zero attached hydrogens (tertiary/aromatic N) is 2. The molecule has 3 rings (SSSR count). The topological polar surface area (TPSA) is 54.7 Å². The predicted molar refractivity (Wildman–Crippen MR) is 103 cm³/mol. The summed E-state index contributed by atoms with van der Waals surface area (Å²) in [5.74, 6) is 0.103. The Balaban J connectivity index is 1.89. The average molecular weight is 366 g/mol. The van der Waals surface area contributed by atoms with Crippen LogP contribution in [0.25, 0.3) is 0 Å². The van der Waals surface area contributed by atoms with Crippen LogP contribution in [-0.2, 0) is 9.47 Å². The van der Waals surface area contributed by atoms with Crippen molar-refractivity contribution < 1.29 is 14.2 Å². The molecular weight excluding hydrogens is 340 g/mol. The van der Waals surface area contributed by atoms with E-state index in [9.17, 15) is 5.26 Å². The number of nitriles is 1. The molecule has 0 radical (unpaired) electrons. The van der Waals surface area contributed by atoms with Crippen LogP contribution in [0.1, 0.15) is 37.1 Å². The second-order valence-corrected chi connectivity index (χ2v) is 7.20. The molecule has 0 unspecified atom stereocenters. The molecule has 0 spiro atoms. The van der Waals surface area contributed by atoms with E-state index in [2.05, 4.69) is 18.2 Å². The molecule has 1 fully saturated rings. The van der Waals surface area contributed by atoms with Gasteiger partial charge in [-0.15, -0.1) is 0 Å². The molecule has 0 aliphatic carbocycles. The fourth-order valence-corrected chi connectivity index (χ4v) is 3.43. The van der Waals surface area contributed by atoms with Gasteiger partial charge in [0, 0.05) is 0 Å². The van der Waals surface area contributed by atoms with Crippen molar-refractivity contribution in [3.63, 3.8) is 0 Å². The molecule has 142 valence electrons. The quantitative estimate of drug-likeness (QED) is 0.798. The third kappa shape index (κ3) is 4.30. The van der Waals surface area contributed by atoms with E-state index < -0.39 is 11.8 Å². The van der Waals surface area contributed by atoms with Gasteiger partial charge in [0.25, 0.3) is 0 Å². The van der Waals surface area contributed by atoms with Crippen molar-refractivity contribution in [2.24, 2.45) is 0 Å². The van der Waals surface area contributed by atoms with Crippen molar-refractivity contribution in [2.75, 3.05) is 20.8 Å². The summed E-state index contributed by atoms with van der Waals surface area (Å²) in [6, 6.07) is 19.6. The molecular formula is C22H26N2O3. The molecule has 1 aliphatic heterocycles. The number of likely N-dealkylation sites (N-methyl/N-ethyl adjacent to an activating group) is 1. The van der Waals surface area contributed by atoms with Crippen LogP contribution < -0.4 is 4.74 Å². The maximum atomic E-state index is 9.86. The minimum absolute atomic E-state index is 0.0906. The summed E-state index contributed by atoms with van der Waals surface area (Å²) in [7, 11) is 3.58. The first kappa shape index (κ1) is 19.4. The number of hydrogen-bond donors (Lipinski definition) is 0. The van der Waals surface area contributed by atoms with Gasteiger partial charge in [-0.3, -0.25) is 4.90 Å². The van der Waals surface area contributed by atoms with E-state index in [0.717, 1.165) is 16.9 Å². The molecule has 0 saturated carbocycles. The number of hydrogen-bond acceptors (Lipinski definition) is 5. The first-order valence-corrected chi connectivity index (χ1v) is 9.07. The summed E-state index contributed by atoms with van der Waals surface area (Å²) >= 11 is 0. The summed E-state index contributed by atoms with van der Waals surface area (Å²) in [4.78, 5) is 2.04. The lowest BCUT2D eigenvalue weighted by Gasteiger charge is -2.45. The Kier molecular flexibility index (Phi) is 5.81. The Morgan fingerprint density at radius 2 is 1.81 bits per heavy atom. The Labute approximate surface area is 161 Å². The Morgan fingerprint density at radius 1 is 1.15 bits per heavy atom. The largest absolute Gasteiger partial charge is 0.497 e. The lowest BCUT2D eigenvalue weighted by molar-refractivity contribution is -0.297. The van der Waals surface area contributed by atoms with Crippen molar-refractivity contribution in [3.05, 3.63) is 65.7 Å². The van der Waals surface area contributed by atoms with Crippen LogP contribution >= 0.6 is 0 Å². The zero-order valence-electron chi connectivity index (χ0n) is 16.3. The first-order chi connectivity index (χ1) is 12.9. The molecule has 27 heavy (non-hydrogen) atoms. The Morgan fingerprint density at radius 3 is 2.41 bits per heavy atom. The molecule has 0 amide bonds. The minimum atomic E-state index is -0.667. The number of benzene rings is 2. The number of methoxy groups -OCH3 is 1. The standard InChI is InChI=1S/C22H26N2O3/c1-22(2)26-15-20(21(27-22)17-8-6-5-7-9-17)24(3)19(14-23)16-10-12-18(25-4)13-11-16/h5-13,19-21H,15H2,1-4H3/t19-,20+,21+/m1/s1. The van der Waals surface area contributed by atoms with Crippen LogP contribution in [0.15, 0.2) is 54.6 Å². The fourth-order valence-electron chi connectivity index (χ4n) is 3.43. The smallest absolute Gasteiger partial charge is 0.163 e. The van der Waals surface area contributed by atoms with Crippen molar-refractivity contribution in [2.45, 2.75) is 37.8 Å². The number of rotatable bonds is 5. The van der Waals surface area contributed by atoms with E-state index in [1.807, 2.05) is 68.3 Å². The SMILES string of the molecule is COc1ccc([C@@H](C#N)N(C)[C@H]2COC(C)(C)O[C@H]2c2ccccc2)cc1. The monoisotopic (exact) mass is 366 g/mol. The molecule has 5 heteroatoms. The highest BCUT2D eigenvalue weighted by molar-refractivity contribution is 5.32. The van der Waals surface area contributed by atoms with Gasteiger partial charge in [-0.25, -0.2) is 0 Å². The minimum Gasteiger partial charge on any atom is -0.497 e. The van der Waals surface area contributed by atoms with Gasteiger partial charge in [0.1, 0.15) is 17.9 Å². The molecule has 0 bridgehead atoms. The van der Waals surface area contributed by atoms with Crippen LogP contribution in [-0.4, -0.2) is 37.5 Å². The summed E-state index contributed by atoms with van der Waals surface area (Å²) in [5.41, 5.74) is 1.99. The van der Waals surface area contributed by atoms with Gasteiger partial charge in [-0.1, -0.05) is 42.5 Å². The van der Waals surface area contributed by atoms with Gasteiger partial charge in [0.2, 0.25) is 0 Å². The third-order valence-corrected chi connectivity index (χ3v) is 4.97. The van der Waals surface area contributed by atoms with Crippen molar-refractivity contribution in [1.82, 2.24) is 4.90 Å². The molecule has 1 heterocycles. The second-order valence-electron chi connectivity index (χ2n) is 7.20. The van der Waals surface area contributed by atoms with Crippen molar-refractivity contribution in [3.8, 4) is 11.8 Å². The van der Waals surface area contributed by atoms with Crippen LogP contribution in [0.3, 0.4) is 0 Å². The van der Waals surface area contributed by atoms with Crippen LogP contribution in [0, 0.1) is 11.3 Å². The van der Waals surface area contributed by atoms with Gasteiger partial charge < -0.3 is 14.2 Å². The molecule has 1 saturated heterocycles. The van der Waals surface area contributed by atoms with E-state index in [1.54, 1.807) is 7.11 Å². The lowest BCUT2D eigenvalue weighted by atomic mass is 9.97. The van der Waals surface area contributed by atoms with Crippen molar-refractivity contribution in [1.29, 1.82) is 5.26 Å². The van der Waals surface area contributed by atoms with E-state index >= 15 is 0 Å². The lowest BCUT2D eigenvalue weighted by Crippen LogP contribution is -2.51. The molecule has 0 aromatic heterocycles. The maximum Gasteiger partial charge on any atom is 0.163 e. The van der Waals surface area contributed by atoms with Crippen molar-refractivity contribution >= 4 is 0 Å². The zero-order chi connectivity index (χ0) is 19.4. The van der Waals surface area contributed by atoms with E-state index in [-0.39, 0.29) is 12.1 Å². The third-order valence-electron chi connectivity index (χ3n) is 4.97. The average Bonchev–Trinajstić information content (AvgIpc) is 2.69. The van der Waals surface area contributed by atoms with Gasteiger partial charge in [-0.2, -0.15) is 5.26 Å². The van der Waals surface area contributed by atoms with Gasteiger partial charge >= 0.3 is 0 Å². The Hall–Kier alpha value is -2.39. The van der Waals surface area contributed by atoms with Crippen LogP contribution in [0.2, 0.25) is 0 Å². The molecule has 2 aromatic rings. The van der Waals surface area contributed by atoms with E-state index in [0.29, 0.717) is 6.61 Å². The molecule has 0 N–H and O–H groups in total. The summed E-state index contributed by atoms with van der Waals surface area (Å²) in [5, 5.41) is 9.86. The zero-order valence-corrected chi connectivity index (χ0v) is 16.3. The van der Waals surface area contributed by atoms with Crippen LogP contribution in [0.5, 0.6) is 5.75 Å².